The molecule has 1 amide bonds. The van der Waals surface area contributed by atoms with Gasteiger partial charge in [-0.05, 0) is 24.6 Å². The first-order valence-electron chi connectivity index (χ1n) is 6.33. The lowest BCUT2D eigenvalue weighted by molar-refractivity contribution is 0.0988. The zero-order valence-corrected chi connectivity index (χ0v) is 12.3. The summed E-state index contributed by atoms with van der Waals surface area (Å²) in [5.74, 6) is -0.203. The Balaban J connectivity index is 2.44. The minimum atomic E-state index is -0.711. The molecule has 0 spiro atoms. The van der Waals surface area contributed by atoms with Crippen molar-refractivity contribution in [2.24, 2.45) is 0 Å². The fourth-order valence-electron chi connectivity index (χ4n) is 1.69. The Kier molecular flexibility index (Phi) is 6.80. The number of carbonyl (C=O) groups is 1. The summed E-state index contributed by atoms with van der Waals surface area (Å²) >= 11 is 3.28. The molecule has 0 atom stereocenters. The maximum atomic E-state index is 11.2. The number of nitrogens with one attached hydrogen (secondary N) is 1. The average Bonchev–Trinajstić information content (AvgIpc) is 2.35. The molecule has 0 bridgehead atoms. The largest absolute Gasteiger partial charge is 0.493 e. The fraction of sp³-hybridized carbons (Fsp3) is 0.500. The van der Waals surface area contributed by atoms with E-state index in [0.717, 1.165) is 17.3 Å². The van der Waals surface area contributed by atoms with Crippen molar-refractivity contribution in [1.29, 1.82) is 0 Å². The molecule has 1 aromatic carbocycles. The van der Waals surface area contributed by atoms with Crippen LogP contribution in [0.1, 0.15) is 49.4 Å². The molecule has 0 heterocycles. The Labute approximate surface area is 117 Å². The molecule has 4 heteroatoms. The molecule has 18 heavy (non-hydrogen) atoms. The van der Waals surface area contributed by atoms with Gasteiger partial charge >= 0.3 is 0 Å². The number of halogens is 1. The molecule has 1 N–H and O–H groups in total. The van der Waals surface area contributed by atoms with E-state index in [4.69, 9.17) is 10.5 Å². The molecule has 0 saturated heterocycles. The van der Waals surface area contributed by atoms with Gasteiger partial charge in [-0.15, -0.1) is 0 Å². The van der Waals surface area contributed by atoms with Crippen LogP contribution in [0.25, 0.3) is 0 Å². The third-order valence-electron chi connectivity index (χ3n) is 2.69. The Morgan fingerprint density at radius 1 is 1.28 bits per heavy atom. The van der Waals surface area contributed by atoms with Gasteiger partial charge in [0.05, 0.1) is 12.2 Å². The summed E-state index contributed by atoms with van der Waals surface area (Å²) in [5, 5.41) is 0. The van der Waals surface area contributed by atoms with Gasteiger partial charge in [-0.3, -0.25) is 10.5 Å². The molecule has 0 aliphatic carbocycles. The summed E-state index contributed by atoms with van der Waals surface area (Å²) in [6, 6.07) is 5.18. The quantitative estimate of drug-likeness (QED) is 0.675. The molecule has 1 aromatic rings. The normalized spacial score (nSPS) is 10.3. The molecule has 1 rings (SSSR count). The number of carbonyl (C=O) groups excluding carboxylic acids is 1. The molecular formula is C14H19BrNO2. The molecule has 3 nitrogen and oxygen atoms in total. The van der Waals surface area contributed by atoms with Crippen molar-refractivity contribution in [2.75, 3.05) is 6.61 Å². The molecule has 0 aliphatic heterocycles. The highest BCUT2D eigenvalue weighted by atomic mass is 79.9. The van der Waals surface area contributed by atoms with E-state index in [-0.39, 0.29) is 0 Å². The minimum Gasteiger partial charge on any atom is -0.493 e. The smallest absolute Gasteiger partial charge is 0.273 e. The highest BCUT2D eigenvalue weighted by Crippen LogP contribution is 2.23. The van der Waals surface area contributed by atoms with Crippen molar-refractivity contribution in [3.63, 3.8) is 0 Å². The second-order valence-electron chi connectivity index (χ2n) is 4.23. The molecule has 0 saturated carbocycles. The molecular weight excluding hydrogens is 294 g/mol. The molecule has 0 unspecified atom stereocenters. The third-order valence-corrected chi connectivity index (χ3v) is 3.18. The van der Waals surface area contributed by atoms with E-state index in [2.05, 4.69) is 22.9 Å². The monoisotopic (exact) mass is 312 g/mol. The second kappa shape index (κ2) is 8.14. The lowest BCUT2D eigenvalue weighted by Gasteiger charge is -2.09. The van der Waals surface area contributed by atoms with E-state index in [9.17, 15) is 4.79 Å². The summed E-state index contributed by atoms with van der Waals surface area (Å²) in [6.07, 6.45) is 5.85. The van der Waals surface area contributed by atoms with Gasteiger partial charge in [0, 0.05) is 4.47 Å². The average molecular weight is 313 g/mol. The number of benzene rings is 1. The highest BCUT2D eigenvalue weighted by molar-refractivity contribution is 9.10. The van der Waals surface area contributed by atoms with Crippen molar-refractivity contribution >= 4 is 21.8 Å². The van der Waals surface area contributed by atoms with Crippen LogP contribution in [0.2, 0.25) is 0 Å². The van der Waals surface area contributed by atoms with E-state index < -0.39 is 5.91 Å². The number of ether oxygens (including phenoxy) is 1. The van der Waals surface area contributed by atoms with Gasteiger partial charge in [-0.1, -0.05) is 48.5 Å². The second-order valence-corrected chi connectivity index (χ2v) is 5.15. The van der Waals surface area contributed by atoms with Crippen LogP contribution in [0, 0.1) is 0 Å². The minimum absolute atomic E-state index is 0.318. The van der Waals surface area contributed by atoms with E-state index in [1.54, 1.807) is 12.1 Å². The van der Waals surface area contributed by atoms with Crippen LogP contribution in [0.3, 0.4) is 0 Å². The van der Waals surface area contributed by atoms with Crippen LogP contribution < -0.4 is 10.5 Å². The van der Waals surface area contributed by atoms with Gasteiger partial charge in [-0.2, -0.15) is 0 Å². The number of hydrogen-bond donors (Lipinski definition) is 0. The predicted molar refractivity (Wildman–Crippen MR) is 75.8 cm³/mol. The molecule has 0 aromatic heterocycles. The standard InChI is InChI=1S/C14H19BrNO2/c1-2-3-4-5-6-9-18-13-8-7-11(15)10-12(13)14(16)17/h7-8,10,16H,2-6,9H2,1H3. The molecule has 0 fully saturated rings. The number of rotatable bonds is 8. The summed E-state index contributed by atoms with van der Waals surface area (Å²) in [5.41, 5.74) is 7.51. The van der Waals surface area contributed by atoms with Gasteiger partial charge in [0.2, 0.25) is 0 Å². The third kappa shape index (κ3) is 5.08. The summed E-state index contributed by atoms with van der Waals surface area (Å²) < 4.78 is 6.36. The van der Waals surface area contributed by atoms with Gasteiger partial charge < -0.3 is 4.74 Å². The topological polar surface area (TPSA) is 50.1 Å². The zero-order chi connectivity index (χ0) is 13.4. The first-order valence-corrected chi connectivity index (χ1v) is 7.12. The molecule has 1 radical (unpaired) electrons. The van der Waals surface area contributed by atoms with E-state index in [1.807, 2.05) is 6.07 Å². The number of amides is 1. The van der Waals surface area contributed by atoms with Gasteiger partial charge in [-0.25, -0.2) is 0 Å². The van der Waals surface area contributed by atoms with Crippen molar-refractivity contribution in [2.45, 2.75) is 39.0 Å². The summed E-state index contributed by atoms with van der Waals surface area (Å²) in [7, 11) is 0. The van der Waals surface area contributed by atoms with E-state index in [1.165, 1.54) is 19.3 Å². The van der Waals surface area contributed by atoms with Crippen LogP contribution in [0.5, 0.6) is 5.75 Å². The van der Waals surface area contributed by atoms with Crippen molar-refractivity contribution in [3.8, 4) is 5.75 Å². The first kappa shape index (κ1) is 15.0. The zero-order valence-electron chi connectivity index (χ0n) is 10.7. The van der Waals surface area contributed by atoms with Crippen molar-refractivity contribution in [1.82, 2.24) is 5.73 Å². The number of hydrogen-bond acceptors (Lipinski definition) is 2. The van der Waals surface area contributed by atoms with E-state index in [0.29, 0.717) is 17.9 Å². The van der Waals surface area contributed by atoms with Gasteiger partial charge in [0.25, 0.3) is 5.91 Å². The summed E-state index contributed by atoms with van der Waals surface area (Å²) in [6.45, 7) is 2.79. The number of unbranched alkanes of at least 4 members (excludes halogenated alkanes) is 4. The van der Waals surface area contributed by atoms with Crippen molar-refractivity contribution < 1.29 is 9.53 Å². The van der Waals surface area contributed by atoms with Gasteiger partial charge in [0.15, 0.2) is 0 Å². The van der Waals surface area contributed by atoms with Crippen LogP contribution in [0.4, 0.5) is 0 Å². The fourth-order valence-corrected chi connectivity index (χ4v) is 2.05. The Morgan fingerprint density at radius 2 is 2.00 bits per heavy atom. The summed E-state index contributed by atoms with van der Waals surface area (Å²) in [4.78, 5) is 11.2. The molecule has 0 aliphatic rings. The van der Waals surface area contributed by atoms with Crippen LogP contribution >= 0.6 is 15.9 Å². The Hall–Kier alpha value is -1.03. The van der Waals surface area contributed by atoms with Crippen LogP contribution in [-0.2, 0) is 0 Å². The van der Waals surface area contributed by atoms with E-state index >= 15 is 0 Å². The SMILES string of the molecule is CCCCCCCOc1ccc(Br)cc1C([NH])=O. The van der Waals surface area contributed by atoms with Crippen molar-refractivity contribution in [3.05, 3.63) is 28.2 Å². The van der Waals surface area contributed by atoms with Crippen LogP contribution in [-0.4, -0.2) is 12.5 Å². The Morgan fingerprint density at radius 3 is 2.67 bits per heavy atom. The Bertz CT molecular complexity index is 393. The lowest BCUT2D eigenvalue weighted by Crippen LogP contribution is -2.05. The maximum Gasteiger partial charge on any atom is 0.273 e. The van der Waals surface area contributed by atoms with Crippen LogP contribution in [0.15, 0.2) is 22.7 Å². The maximum absolute atomic E-state index is 11.2. The lowest BCUT2D eigenvalue weighted by atomic mass is 10.1. The predicted octanol–water partition coefficient (Wildman–Crippen LogP) is 4.22. The van der Waals surface area contributed by atoms with Gasteiger partial charge in [0.1, 0.15) is 5.75 Å². The first-order chi connectivity index (χ1) is 8.65. The highest BCUT2D eigenvalue weighted by Gasteiger charge is 2.10. The molecule has 99 valence electrons.